The third-order valence-corrected chi connectivity index (χ3v) is 7.19. The van der Waals surface area contributed by atoms with Crippen molar-refractivity contribution in [2.45, 2.75) is 38.5 Å². The molecule has 1 atom stereocenters. The largest absolute Gasteiger partial charge is 0.481 e. The van der Waals surface area contributed by atoms with Gasteiger partial charge in [-0.3, -0.25) is 9.59 Å². The van der Waals surface area contributed by atoms with Crippen molar-refractivity contribution in [3.8, 4) is 11.3 Å². The molecule has 4 aromatic rings. The van der Waals surface area contributed by atoms with E-state index in [1.54, 1.807) is 0 Å². The number of rotatable bonds is 9. The first-order chi connectivity index (χ1) is 17.3. The Balaban J connectivity index is 1.71. The van der Waals surface area contributed by atoms with Gasteiger partial charge in [-0.05, 0) is 49.1 Å². The molecular formula is C30H29BrN2O3. The van der Waals surface area contributed by atoms with E-state index in [0.29, 0.717) is 24.9 Å². The van der Waals surface area contributed by atoms with Crippen LogP contribution in [0.4, 0.5) is 0 Å². The fourth-order valence-electron chi connectivity index (χ4n) is 4.67. The van der Waals surface area contributed by atoms with E-state index in [2.05, 4.69) is 28.2 Å². The zero-order chi connectivity index (χ0) is 25.7. The molecule has 1 heterocycles. The Bertz CT molecular complexity index is 1390. The highest BCUT2D eigenvalue weighted by Crippen LogP contribution is 2.33. The molecule has 4 rings (SSSR count). The molecule has 0 spiro atoms. The van der Waals surface area contributed by atoms with E-state index in [0.717, 1.165) is 37.8 Å². The monoisotopic (exact) mass is 544 g/mol. The average molecular weight is 545 g/mol. The van der Waals surface area contributed by atoms with Gasteiger partial charge in [0.2, 0.25) is 0 Å². The summed E-state index contributed by atoms with van der Waals surface area (Å²) >= 11 is 3.54. The van der Waals surface area contributed by atoms with E-state index in [1.807, 2.05) is 85.8 Å². The summed E-state index contributed by atoms with van der Waals surface area (Å²) in [6.45, 7) is 4.40. The Labute approximate surface area is 219 Å². The predicted octanol–water partition coefficient (Wildman–Crippen LogP) is 6.92. The molecular weight excluding hydrogens is 516 g/mol. The summed E-state index contributed by atoms with van der Waals surface area (Å²) in [5, 5.41) is 13.1. The molecule has 0 aliphatic rings. The average Bonchev–Trinajstić information content (AvgIpc) is 2.88. The van der Waals surface area contributed by atoms with E-state index in [-0.39, 0.29) is 12.3 Å². The molecule has 5 nitrogen and oxygen atoms in total. The van der Waals surface area contributed by atoms with Crippen LogP contribution in [-0.4, -0.2) is 28.5 Å². The Morgan fingerprint density at radius 2 is 1.67 bits per heavy atom. The molecule has 0 saturated carbocycles. The summed E-state index contributed by atoms with van der Waals surface area (Å²) in [4.78, 5) is 29.8. The van der Waals surface area contributed by atoms with Crippen LogP contribution in [0.25, 0.3) is 22.2 Å². The van der Waals surface area contributed by atoms with Gasteiger partial charge in [-0.1, -0.05) is 83.5 Å². The summed E-state index contributed by atoms with van der Waals surface area (Å²) in [6, 6.07) is 25.6. The van der Waals surface area contributed by atoms with Crippen LogP contribution >= 0.6 is 15.9 Å². The second-order valence-electron chi connectivity index (χ2n) is 9.34. The van der Waals surface area contributed by atoms with Gasteiger partial charge in [0.15, 0.2) is 0 Å². The molecule has 6 heteroatoms. The van der Waals surface area contributed by atoms with Gasteiger partial charge in [-0.15, -0.1) is 0 Å². The van der Waals surface area contributed by atoms with Gasteiger partial charge >= 0.3 is 5.97 Å². The molecule has 2 N–H and O–H groups in total. The van der Waals surface area contributed by atoms with Gasteiger partial charge in [-0.25, -0.2) is 4.98 Å². The van der Waals surface area contributed by atoms with Crippen LogP contribution in [0.1, 0.15) is 47.7 Å². The second-order valence-corrected chi connectivity index (χ2v) is 10.3. The van der Waals surface area contributed by atoms with Crippen LogP contribution in [0.2, 0.25) is 0 Å². The van der Waals surface area contributed by atoms with Crippen molar-refractivity contribution in [3.05, 3.63) is 100 Å². The van der Waals surface area contributed by atoms with Crippen LogP contribution in [-0.2, 0) is 10.2 Å². The lowest BCUT2D eigenvalue weighted by Crippen LogP contribution is -2.39. The maximum Gasteiger partial charge on any atom is 0.303 e. The smallest absolute Gasteiger partial charge is 0.303 e. The van der Waals surface area contributed by atoms with Crippen molar-refractivity contribution < 1.29 is 14.7 Å². The maximum absolute atomic E-state index is 13.8. The van der Waals surface area contributed by atoms with Crippen molar-refractivity contribution in [1.29, 1.82) is 0 Å². The van der Waals surface area contributed by atoms with Crippen LogP contribution in [0, 0.1) is 6.92 Å². The molecule has 0 fully saturated rings. The van der Waals surface area contributed by atoms with Gasteiger partial charge < -0.3 is 10.4 Å². The standard InChI is InChI=1S/C30H29BrN2O3/c1-20-27(24-18-23(31)15-16-25(24)33-28(20)21-10-5-3-6-11-21)29(36)32-19-30(2,17-9-14-26(34)35)22-12-7-4-8-13-22/h3-8,10-13,15-16,18H,9,14,17,19H2,1-2H3,(H,32,36)(H,34,35)/t30-/m1/s1. The number of fused-ring (bicyclic) bond motifs is 1. The number of carboxylic acids is 1. The number of nitrogens with zero attached hydrogens (tertiary/aromatic N) is 1. The van der Waals surface area contributed by atoms with Crippen molar-refractivity contribution in [3.63, 3.8) is 0 Å². The lowest BCUT2D eigenvalue weighted by Gasteiger charge is -2.31. The highest BCUT2D eigenvalue weighted by atomic mass is 79.9. The molecule has 0 radical (unpaired) electrons. The first-order valence-electron chi connectivity index (χ1n) is 12.0. The van der Waals surface area contributed by atoms with Gasteiger partial charge in [0.1, 0.15) is 0 Å². The van der Waals surface area contributed by atoms with E-state index < -0.39 is 11.4 Å². The number of pyridine rings is 1. The molecule has 0 unspecified atom stereocenters. The lowest BCUT2D eigenvalue weighted by atomic mass is 9.78. The highest BCUT2D eigenvalue weighted by molar-refractivity contribution is 9.10. The van der Waals surface area contributed by atoms with Crippen LogP contribution in [0.5, 0.6) is 0 Å². The van der Waals surface area contributed by atoms with E-state index in [9.17, 15) is 9.59 Å². The molecule has 36 heavy (non-hydrogen) atoms. The minimum atomic E-state index is -0.813. The number of aromatic nitrogens is 1. The summed E-state index contributed by atoms with van der Waals surface area (Å²) < 4.78 is 0.875. The SMILES string of the molecule is Cc1c(-c2ccccc2)nc2ccc(Br)cc2c1C(=O)NC[C@@](C)(CCCC(=O)O)c1ccccc1. The van der Waals surface area contributed by atoms with Crippen molar-refractivity contribution >= 4 is 38.7 Å². The topological polar surface area (TPSA) is 79.3 Å². The number of nitrogens with one attached hydrogen (secondary N) is 1. The van der Waals surface area contributed by atoms with E-state index in [4.69, 9.17) is 10.1 Å². The first-order valence-corrected chi connectivity index (χ1v) is 12.8. The quantitative estimate of drug-likeness (QED) is 0.240. The number of hydrogen-bond donors (Lipinski definition) is 2. The van der Waals surface area contributed by atoms with Crippen LogP contribution in [0.15, 0.2) is 83.3 Å². The molecule has 0 saturated heterocycles. The van der Waals surface area contributed by atoms with Gasteiger partial charge in [0.05, 0.1) is 16.8 Å². The van der Waals surface area contributed by atoms with Gasteiger partial charge in [0.25, 0.3) is 5.91 Å². The Hall–Kier alpha value is -3.51. The number of carbonyl (C=O) groups is 2. The summed E-state index contributed by atoms with van der Waals surface area (Å²) in [6.07, 6.45) is 1.26. The summed E-state index contributed by atoms with van der Waals surface area (Å²) in [5.41, 5.74) is 4.56. The van der Waals surface area contributed by atoms with Crippen molar-refractivity contribution in [1.82, 2.24) is 10.3 Å². The zero-order valence-electron chi connectivity index (χ0n) is 20.4. The number of amides is 1. The number of carboxylic acid groups (broad SMARTS) is 1. The second kappa shape index (κ2) is 11.0. The van der Waals surface area contributed by atoms with Crippen molar-refractivity contribution in [2.75, 3.05) is 6.54 Å². The summed E-state index contributed by atoms with van der Waals surface area (Å²) in [7, 11) is 0. The molecule has 184 valence electrons. The number of aliphatic carboxylic acids is 1. The predicted molar refractivity (Wildman–Crippen MR) is 147 cm³/mol. The van der Waals surface area contributed by atoms with Crippen LogP contribution in [0.3, 0.4) is 0 Å². The first kappa shape index (κ1) is 25.6. The minimum Gasteiger partial charge on any atom is -0.481 e. The molecule has 3 aromatic carbocycles. The zero-order valence-corrected chi connectivity index (χ0v) is 22.0. The molecule has 0 aliphatic carbocycles. The normalized spacial score (nSPS) is 12.8. The maximum atomic E-state index is 13.8. The molecule has 1 amide bonds. The fraction of sp³-hybridized carbons (Fsp3) is 0.233. The van der Waals surface area contributed by atoms with Gasteiger partial charge in [-0.2, -0.15) is 0 Å². The van der Waals surface area contributed by atoms with Gasteiger partial charge in [0, 0.05) is 33.8 Å². The lowest BCUT2D eigenvalue weighted by molar-refractivity contribution is -0.137. The third kappa shape index (κ3) is 5.65. The van der Waals surface area contributed by atoms with Crippen molar-refractivity contribution in [2.24, 2.45) is 0 Å². The number of halogens is 1. The van der Waals surface area contributed by atoms with E-state index >= 15 is 0 Å². The van der Waals surface area contributed by atoms with E-state index in [1.165, 1.54) is 0 Å². The Morgan fingerprint density at radius 1 is 1.00 bits per heavy atom. The molecule has 1 aromatic heterocycles. The summed E-state index contributed by atoms with van der Waals surface area (Å²) in [5.74, 6) is -0.983. The minimum absolute atomic E-state index is 0.0962. The third-order valence-electron chi connectivity index (χ3n) is 6.69. The molecule has 0 bridgehead atoms. The highest BCUT2D eigenvalue weighted by Gasteiger charge is 2.28. The number of benzene rings is 3. The van der Waals surface area contributed by atoms with Crippen LogP contribution < -0.4 is 5.32 Å². The number of hydrogen-bond acceptors (Lipinski definition) is 3. The fourth-order valence-corrected chi connectivity index (χ4v) is 5.03. The number of carbonyl (C=O) groups excluding carboxylic acids is 1. The Morgan fingerprint density at radius 3 is 2.33 bits per heavy atom. The Kier molecular flexibility index (Phi) is 7.85. The molecule has 0 aliphatic heterocycles.